The molecule has 0 bridgehead atoms. The molecule has 7 saturated carbocycles. The Labute approximate surface area is 334 Å². The van der Waals surface area contributed by atoms with Crippen molar-refractivity contribution in [2.24, 2.45) is 71.0 Å². The second-order valence-corrected chi connectivity index (χ2v) is 21.3. The number of rotatable bonds is 3. The molecule has 12 rings (SSSR count). The molecule has 0 spiro atoms. The summed E-state index contributed by atoms with van der Waals surface area (Å²) in [6.45, 7) is 0. The van der Waals surface area contributed by atoms with Crippen LogP contribution in [0.3, 0.4) is 0 Å². The van der Waals surface area contributed by atoms with Crippen molar-refractivity contribution in [2.75, 3.05) is 0 Å². The van der Waals surface area contributed by atoms with Gasteiger partial charge >= 0.3 is 0 Å². The molecule has 284 valence electrons. The molecule has 4 aromatic carbocycles. The Balaban J connectivity index is 0.853. The van der Waals surface area contributed by atoms with Gasteiger partial charge in [-0.1, -0.05) is 130 Å². The lowest BCUT2D eigenvalue weighted by Crippen LogP contribution is -2.57. The zero-order valence-corrected chi connectivity index (χ0v) is 33.9. The van der Waals surface area contributed by atoms with Gasteiger partial charge in [-0.15, -0.1) is 11.3 Å². The van der Waals surface area contributed by atoms with Gasteiger partial charge in [0.1, 0.15) is 0 Å². The number of thiophene rings is 1. The Morgan fingerprint density at radius 3 is 1.33 bits per heavy atom. The van der Waals surface area contributed by atoms with Crippen molar-refractivity contribution < 1.29 is 0 Å². The summed E-state index contributed by atoms with van der Waals surface area (Å²) in [5.41, 5.74) is 7.16. The second kappa shape index (κ2) is 13.9. The largest absolute Gasteiger partial charge is 0.134 e. The van der Waals surface area contributed by atoms with Crippen molar-refractivity contribution in [1.82, 2.24) is 0 Å². The molecule has 0 aliphatic heterocycles. The SMILES string of the molecule is c1ccc(-c2cccc3c2sc2c(-c4cccc(C5CCC6C(C5)C5CCCCC5C5CC7C8CCCCC8C8CCCCC8C7CC65)c4)cccc23)cc1. The average molecular weight is 743 g/mol. The highest BCUT2D eigenvalue weighted by molar-refractivity contribution is 7.26. The highest BCUT2D eigenvalue weighted by Gasteiger charge is 2.59. The molecule has 55 heavy (non-hydrogen) atoms. The third-order valence-electron chi connectivity index (χ3n) is 18.3. The van der Waals surface area contributed by atoms with E-state index in [4.69, 9.17) is 0 Å². The van der Waals surface area contributed by atoms with Crippen LogP contribution in [0.1, 0.15) is 121 Å². The minimum Gasteiger partial charge on any atom is -0.134 e. The van der Waals surface area contributed by atoms with Crippen LogP contribution in [-0.4, -0.2) is 0 Å². The Kier molecular flexibility index (Phi) is 8.63. The van der Waals surface area contributed by atoms with E-state index in [0.717, 1.165) is 76.9 Å². The fraction of sp³-hybridized carbons (Fsp3) is 0.556. The van der Waals surface area contributed by atoms with Crippen molar-refractivity contribution in [2.45, 2.75) is 115 Å². The first kappa shape index (κ1) is 34.2. The normalized spacial score (nSPS) is 38.2. The lowest BCUT2D eigenvalue weighted by Gasteiger charge is -2.65. The molecule has 13 atom stereocenters. The smallest absolute Gasteiger partial charge is 0.0434 e. The van der Waals surface area contributed by atoms with Crippen molar-refractivity contribution in [3.05, 3.63) is 96.6 Å². The first-order valence-electron chi connectivity index (χ1n) is 23.4. The van der Waals surface area contributed by atoms with Gasteiger partial charge in [0.05, 0.1) is 0 Å². The number of hydrogen-bond donors (Lipinski definition) is 0. The van der Waals surface area contributed by atoms with Gasteiger partial charge in [0.15, 0.2) is 0 Å². The molecule has 7 aliphatic rings. The summed E-state index contributed by atoms with van der Waals surface area (Å²) < 4.78 is 2.87. The van der Waals surface area contributed by atoms with E-state index in [1.54, 1.807) is 82.6 Å². The first-order chi connectivity index (χ1) is 27.3. The molecule has 0 amide bonds. The van der Waals surface area contributed by atoms with E-state index in [0.29, 0.717) is 0 Å². The molecule has 13 unspecified atom stereocenters. The zero-order chi connectivity index (χ0) is 36.0. The standard InChI is InChI=1S/C54H62S/c1-2-13-33(14-3-1)37-23-11-25-46-47-26-12-24-38(54(47)55-53(37)46)36-16-10-15-34(29-36)35-27-28-45-48(30-35)43-21-8-9-22-44(43)51-31-49-41-19-6-4-17-39(41)40-18-5-7-20-42(40)50(49)32-52(45)51/h1-3,10-16,23-26,29,35,39-45,48-52H,4-9,17-22,27-28,30-32H2. The van der Waals surface area contributed by atoms with Gasteiger partial charge in [-0.2, -0.15) is 0 Å². The third-order valence-corrected chi connectivity index (χ3v) is 19.6. The van der Waals surface area contributed by atoms with Crippen LogP contribution < -0.4 is 0 Å². The van der Waals surface area contributed by atoms with E-state index < -0.39 is 0 Å². The fourth-order valence-corrected chi connectivity index (χ4v) is 17.8. The van der Waals surface area contributed by atoms with Crippen LogP contribution in [0, 0.1) is 71.0 Å². The molecule has 1 aromatic heterocycles. The number of fused-ring (bicyclic) bond motifs is 15. The summed E-state index contributed by atoms with van der Waals surface area (Å²) in [6, 6.07) is 34.9. The minimum absolute atomic E-state index is 0.725. The number of hydrogen-bond acceptors (Lipinski definition) is 1. The third kappa shape index (κ3) is 5.54. The van der Waals surface area contributed by atoms with E-state index in [1.165, 1.54) is 74.5 Å². The van der Waals surface area contributed by atoms with Gasteiger partial charge in [0.25, 0.3) is 0 Å². The van der Waals surface area contributed by atoms with Crippen LogP contribution in [0.15, 0.2) is 91.0 Å². The Morgan fingerprint density at radius 2 is 0.782 bits per heavy atom. The van der Waals surface area contributed by atoms with E-state index in [1.807, 2.05) is 11.3 Å². The highest BCUT2D eigenvalue weighted by Crippen LogP contribution is 2.67. The molecular formula is C54H62S. The maximum atomic E-state index is 2.64. The summed E-state index contributed by atoms with van der Waals surface area (Å²) in [5, 5.41) is 2.81. The summed E-state index contributed by atoms with van der Waals surface area (Å²) in [4.78, 5) is 0. The van der Waals surface area contributed by atoms with E-state index in [9.17, 15) is 0 Å². The van der Waals surface area contributed by atoms with Gasteiger partial charge in [0, 0.05) is 20.2 Å². The van der Waals surface area contributed by atoms with Gasteiger partial charge in [-0.05, 0) is 175 Å². The summed E-state index contributed by atoms with van der Waals surface area (Å²) in [6.07, 6.45) is 26.4. The predicted molar refractivity (Wildman–Crippen MR) is 233 cm³/mol. The second-order valence-electron chi connectivity index (χ2n) is 20.3. The molecule has 0 radical (unpaired) electrons. The lowest BCUT2D eigenvalue weighted by molar-refractivity contribution is -0.155. The molecule has 7 fully saturated rings. The lowest BCUT2D eigenvalue weighted by atomic mass is 9.40. The summed E-state index contributed by atoms with van der Waals surface area (Å²) >= 11 is 2.00. The number of benzene rings is 4. The average Bonchev–Trinajstić information content (AvgIpc) is 3.66. The molecule has 1 heterocycles. The van der Waals surface area contributed by atoms with Crippen molar-refractivity contribution in [1.29, 1.82) is 0 Å². The van der Waals surface area contributed by atoms with Crippen LogP contribution in [0.2, 0.25) is 0 Å². The molecule has 5 aromatic rings. The Bertz CT molecular complexity index is 2170. The van der Waals surface area contributed by atoms with Crippen LogP contribution in [0.5, 0.6) is 0 Å². The molecule has 0 nitrogen and oxygen atoms in total. The van der Waals surface area contributed by atoms with Gasteiger partial charge in [-0.25, -0.2) is 0 Å². The fourth-order valence-electron chi connectivity index (χ4n) is 16.5. The molecular weight excluding hydrogens is 681 g/mol. The van der Waals surface area contributed by atoms with Crippen LogP contribution in [0.4, 0.5) is 0 Å². The highest BCUT2D eigenvalue weighted by atomic mass is 32.1. The van der Waals surface area contributed by atoms with Gasteiger partial charge in [0.2, 0.25) is 0 Å². The molecule has 1 heteroatoms. The quantitative estimate of drug-likeness (QED) is 0.173. The molecule has 0 N–H and O–H groups in total. The van der Waals surface area contributed by atoms with Crippen LogP contribution in [-0.2, 0) is 0 Å². The van der Waals surface area contributed by atoms with Crippen LogP contribution >= 0.6 is 11.3 Å². The minimum atomic E-state index is 0.725. The Morgan fingerprint density at radius 1 is 0.345 bits per heavy atom. The van der Waals surface area contributed by atoms with E-state index in [-0.39, 0.29) is 0 Å². The summed E-state index contributed by atoms with van der Waals surface area (Å²) in [5.74, 6) is 13.5. The summed E-state index contributed by atoms with van der Waals surface area (Å²) in [7, 11) is 0. The monoisotopic (exact) mass is 742 g/mol. The van der Waals surface area contributed by atoms with Gasteiger partial charge < -0.3 is 0 Å². The Hall–Kier alpha value is -2.90. The van der Waals surface area contributed by atoms with Gasteiger partial charge in [-0.3, -0.25) is 0 Å². The van der Waals surface area contributed by atoms with Crippen molar-refractivity contribution >= 4 is 31.5 Å². The zero-order valence-electron chi connectivity index (χ0n) is 33.1. The van der Waals surface area contributed by atoms with Crippen molar-refractivity contribution in [3.8, 4) is 22.3 Å². The van der Waals surface area contributed by atoms with E-state index in [2.05, 4.69) is 91.0 Å². The first-order valence-corrected chi connectivity index (χ1v) is 24.2. The van der Waals surface area contributed by atoms with E-state index >= 15 is 0 Å². The van der Waals surface area contributed by atoms with Crippen molar-refractivity contribution in [3.63, 3.8) is 0 Å². The molecule has 0 saturated heterocycles. The molecule has 7 aliphatic carbocycles. The maximum absolute atomic E-state index is 2.64. The maximum Gasteiger partial charge on any atom is 0.0434 e. The van der Waals surface area contributed by atoms with Crippen LogP contribution in [0.25, 0.3) is 42.4 Å². The predicted octanol–water partition coefficient (Wildman–Crippen LogP) is 15.6. The topological polar surface area (TPSA) is 0 Å².